The first-order valence-electron chi connectivity index (χ1n) is 21.5. The van der Waals surface area contributed by atoms with Crippen molar-refractivity contribution in [2.75, 3.05) is 31.1 Å². The molecule has 1 aliphatic rings. The first-order valence-corrected chi connectivity index (χ1v) is 21.5. The molecule has 0 aliphatic carbocycles. The second kappa shape index (κ2) is 22.8. The number of aromatic amines is 1. The predicted molar refractivity (Wildman–Crippen MR) is 242 cm³/mol. The van der Waals surface area contributed by atoms with Crippen LogP contribution in [0.4, 0.5) is 5.69 Å². The number of benzene rings is 3. The molecule has 12 N–H and O–H groups in total. The molecular weight excluding hydrogens is 803 g/mol. The molecular formula is C46H61N11O6. The highest BCUT2D eigenvalue weighted by molar-refractivity contribution is 5.98. The molecule has 1 aliphatic heterocycles. The number of para-hydroxylation sites is 1. The number of hydrogen-bond acceptors (Lipinski definition) is 8. The van der Waals surface area contributed by atoms with Crippen LogP contribution in [0.3, 0.4) is 0 Å². The monoisotopic (exact) mass is 863 g/mol. The number of carbonyl (C=O) groups is 6. The van der Waals surface area contributed by atoms with Gasteiger partial charge in [0.2, 0.25) is 35.4 Å². The van der Waals surface area contributed by atoms with E-state index in [1.807, 2.05) is 92.7 Å². The zero-order chi connectivity index (χ0) is 45.4. The average molecular weight is 864 g/mol. The summed E-state index contributed by atoms with van der Waals surface area (Å²) in [6, 6.07) is 21.1. The summed E-state index contributed by atoms with van der Waals surface area (Å²) in [6.07, 6.45) is 4.44. The van der Waals surface area contributed by atoms with Crippen molar-refractivity contribution in [1.82, 2.24) is 36.9 Å². The van der Waals surface area contributed by atoms with Gasteiger partial charge in [-0.15, -0.1) is 0 Å². The van der Waals surface area contributed by atoms with Gasteiger partial charge in [0, 0.05) is 61.7 Å². The van der Waals surface area contributed by atoms with E-state index in [0.717, 1.165) is 39.7 Å². The number of piperidine rings is 1. The van der Waals surface area contributed by atoms with Gasteiger partial charge < -0.3 is 53.3 Å². The molecule has 3 atom stereocenters. The van der Waals surface area contributed by atoms with Crippen LogP contribution in [0.5, 0.6) is 0 Å². The Hall–Kier alpha value is -6.91. The summed E-state index contributed by atoms with van der Waals surface area (Å²) in [5, 5.41) is 25.3. The number of primary amides is 1. The van der Waals surface area contributed by atoms with Crippen LogP contribution in [-0.2, 0) is 41.6 Å². The van der Waals surface area contributed by atoms with Gasteiger partial charge in [-0.2, -0.15) is 0 Å². The molecule has 1 aromatic heterocycles. The molecule has 0 saturated carbocycles. The summed E-state index contributed by atoms with van der Waals surface area (Å²) in [5.41, 5.74) is 13.9. The van der Waals surface area contributed by atoms with Crippen LogP contribution in [0.1, 0.15) is 68.6 Å². The second-order valence-corrected chi connectivity index (χ2v) is 16.1. The molecule has 5 rings (SSSR count). The number of guanidine groups is 1. The molecule has 0 unspecified atom stereocenters. The number of H-pyrrole nitrogens is 1. The fourth-order valence-electron chi connectivity index (χ4n) is 7.70. The summed E-state index contributed by atoms with van der Waals surface area (Å²) in [7, 11) is 0. The molecule has 0 bridgehead atoms. The Morgan fingerprint density at radius 1 is 0.778 bits per heavy atom. The van der Waals surface area contributed by atoms with Crippen molar-refractivity contribution >= 4 is 58.0 Å². The Bertz CT molecular complexity index is 2200. The number of amides is 6. The zero-order valence-electron chi connectivity index (χ0n) is 36.1. The number of carbonyl (C=O) groups excluding carboxylic acids is 6. The van der Waals surface area contributed by atoms with Crippen LogP contribution in [-0.4, -0.2) is 96.2 Å². The minimum absolute atomic E-state index is 0.0347. The largest absolute Gasteiger partial charge is 0.371 e. The van der Waals surface area contributed by atoms with Crippen molar-refractivity contribution < 1.29 is 28.8 Å². The Labute approximate surface area is 367 Å². The number of fused-ring (bicyclic) bond motifs is 1. The first-order chi connectivity index (χ1) is 30.3. The summed E-state index contributed by atoms with van der Waals surface area (Å²) in [4.78, 5) is 87.3. The molecule has 336 valence electrons. The van der Waals surface area contributed by atoms with Gasteiger partial charge in [-0.05, 0) is 68.4 Å². The number of rotatable bonds is 22. The van der Waals surface area contributed by atoms with Crippen LogP contribution in [0.15, 0.2) is 85.1 Å². The van der Waals surface area contributed by atoms with Crippen LogP contribution in [0.2, 0.25) is 0 Å². The van der Waals surface area contributed by atoms with Gasteiger partial charge in [0.05, 0.1) is 6.54 Å². The lowest BCUT2D eigenvalue weighted by atomic mass is 9.85. The summed E-state index contributed by atoms with van der Waals surface area (Å²) >= 11 is 0. The van der Waals surface area contributed by atoms with Crippen molar-refractivity contribution in [2.45, 2.75) is 95.3 Å². The number of nitrogens with one attached hydrogen (secondary N) is 8. The lowest BCUT2D eigenvalue weighted by Gasteiger charge is -2.42. The van der Waals surface area contributed by atoms with Gasteiger partial charge in [0.1, 0.15) is 23.7 Å². The molecule has 17 heteroatoms. The van der Waals surface area contributed by atoms with Gasteiger partial charge in [-0.25, -0.2) is 0 Å². The Kier molecular flexibility index (Phi) is 17.1. The van der Waals surface area contributed by atoms with E-state index >= 15 is 0 Å². The number of nitrogens with zero attached hydrogens (tertiary/aromatic N) is 1. The molecule has 4 aromatic rings. The average Bonchev–Trinajstić information content (AvgIpc) is 3.68. The number of aryl methyl sites for hydroxylation is 1. The minimum atomic E-state index is -1.32. The van der Waals surface area contributed by atoms with E-state index in [1.54, 1.807) is 6.20 Å². The van der Waals surface area contributed by atoms with Crippen molar-refractivity contribution in [3.63, 3.8) is 0 Å². The number of aromatic nitrogens is 1. The molecule has 0 spiro atoms. The van der Waals surface area contributed by atoms with Gasteiger partial charge in [0.15, 0.2) is 5.96 Å². The maximum Gasteiger partial charge on any atom is 0.246 e. The maximum absolute atomic E-state index is 14.7. The minimum Gasteiger partial charge on any atom is -0.371 e. The van der Waals surface area contributed by atoms with E-state index < -0.39 is 59.7 Å². The molecule has 17 nitrogen and oxygen atoms in total. The van der Waals surface area contributed by atoms with Crippen LogP contribution >= 0.6 is 0 Å². The zero-order valence-corrected chi connectivity index (χ0v) is 36.1. The highest BCUT2D eigenvalue weighted by atomic mass is 16.2. The van der Waals surface area contributed by atoms with Gasteiger partial charge >= 0.3 is 0 Å². The number of unbranched alkanes of at least 4 members (excludes halogenated alkanes) is 1. The van der Waals surface area contributed by atoms with E-state index in [0.29, 0.717) is 19.5 Å². The molecule has 63 heavy (non-hydrogen) atoms. The third-order valence-corrected chi connectivity index (χ3v) is 11.3. The normalized spacial score (nSPS) is 14.7. The summed E-state index contributed by atoms with van der Waals surface area (Å²) in [6.45, 7) is 4.70. The van der Waals surface area contributed by atoms with E-state index in [-0.39, 0.29) is 63.4 Å². The molecule has 2 heterocycles. The maximum atomic E-state index is 14.7. The molecule has 3 aromatic carbocycles. The van der Waals surface area contributed by atoms with Gasteiger partial charge in [-0.1, -0.05) is 79.6 Å². The smallest absolute Gasteiger partial charge is 0.246 e. The highest BCUT2D eigenvalue weighted by Gasteiger charge is 2.44. The van der Waals surface area contributed by atoms with Crippen LogP contribution < -0.4 is 48.3 Å². The van der Waals surface area contributed by atoms with E-state index in [2.05, 4.69) is 41.8 Å². The van der Waals surface area contributed by atoms with Crippen molar-refractivity contribution in [3.05, 3.63) is 102 Å². The van der Waals surface area contributed by atoms with Crippen LogP contribution in [0.25, 0.3) is 10.9 Å². The predicted octanol–water partition coefficient (Wildman–Crippen LogP) is 1.93. The molecule has 0 radical (unpaired) electrons. The number of hydrogen-bond donors (Lipinski definition) is 10. The Balaban J connectivity index is 1.41. The third kappa shape index (κ3) is 13.8. The number of anilines is 1. The van der Waals surface area contributed by atoms with Crippen molar-refractivity contribution in [3.8, 4) is 0 Å². The van der Waals surface area contributed by atoms with E-state index in [4.69, 9.17) is 16.9 Å². The van der Waals surface area contributed by atoms with E-state index in [9.17, 15) is 28.8 Å². The lowest BCUT2D eigenvalue weighted by Crippen LogP contribution is -2.66. The highest BCUT2D eigenvalue weighted by Crippen LogP contribution is 2.28. The van der Waals surface area contributed by atoms with Crippen molar-refractivity contribution in [1.29, 1.82) is 5.41 Å². The lowest BCUT2D eigenvalue weighted by molar-refractivity contribution is -0.138. The molecule has 6 amide bonds. The summed E-state index contributed by atoms with van der Waals surface area (Å²) < 4.78 is 0. The Morgan fingerprint density at radius 3 is 2.11 bits per heavy atom. The van der Waals surface area contributed by atoms with Crippen LogP contribution in [0, 0.1) is 12.3 Å². The SMILES string of the molecule is CCCCC(=O)NC1(C(=O)N[C@H](Cc2ccccc2)C(=O)N[C@@H](CCCNC(=N)N)C(=O)N[C@@H](Cc2c[nH]c3ccccc23)C(=O)NCC(N)=O)CCN(c2ccc(C)cc2)CC1. The van der Waals surface area contributed by atoms with Gasteiger partial charge in [0.25, 0.3) is 0 Å². The fourth-order valence-corrected chi connectivity index (χ4v) is 7.70. The Morgan fingerprint density at radius 2 is 1.43 bits per heavy atom. The molecule has 1 fully saturated rings. The fraction of sp³-hybridized carbons (Fsp3) is 0.413. The van der Waals surface area contributed by atoms with Crippen molar-refractivity contribution in [2.24, 2.45) is 11.5 Å². The topological polar surface area (TPSA) is 270 Å². The number of nitrogens with two attached hydrogens (primary N) is 2. The van der Waals surface area contributed by atoms with Gasteiger partial charge in [-0.3, -0.25) is 34.2 Å². The second-order valence-electron chi connectivity index (χ2n) is 16.1. The first kappa shape index (κ1) is 47.1. The third-order valence-electron chi connectivity index (χ3n) is 11.3. The molecule has 1 saturated heterocycles. The summed E-state index contributed by atoms with van der Waals surface area (Å²) in [5.74, 6) is -3.82. The standard InChI is InChI=1S/C46H61N11O6/c1-3-4-16-40(59)56-46(21-24-57(25-22-46)33-19-17-30(2)18-20-33)44(63)55-37(26-31-11-6-5-7-12-31)43(62)53-36(15-10-23-50-45(48)49)42(61)54-38(41(60)52-29-39(47)58)27-32-28-51-35-14-9-8-13-34(32)35/h5-9,11-14,17-20,28,36-38,51H,3-4,10,15-16,21-27,29H2,1-2H3,(H2,47,58)(H,52,60)(H,53,62)(H,54,61)(H,55,63)(H,56,59)(H4,48,49,50)/t36-,37+,38-/m0/s1. The quantitative estimate of drug-likeness (QED) is 0.0314. The van der Waals surface area contributed by atoms with E-state index in [1.165, 1.54) is 0 Å².